The highest BCUT2D eigenvalue weighted by atomic mass is 16.3. The van der Waals surface area contributed by atoms with Gasteiger partial charge >= 0.3 is 0 Å². The van der Waals surface area contributed by atoms with Crippen LogP contribution in [0.2, 0.25) is 0 Å². The fourth-order valence-electron chi connectivity index (χ4n) is 6.48. The average molecular weight is 576 g/mol. The van der Waals surface area contributed by atoms with Gasteiger partial charge in [0.25, 0.3) is 0 Å². The van der Waals surface area contributed by atoms with Crippen LogP contribution in [0.3, 0.4) is 0 Å². The first-order valence-electron chi connectivity index (χ1n) is 15.0. The molecule has 45 heavy (non-hydrogen) atoms. The van der Waals surface area contributed by atoms with Gasteiger partial charge in [0, 0.05) is 27.5 Å². The Kier molecular flexibility index (Phi) is 5.78. The monoisotopic (exact) mass is 575 g/mol. The third-order valence-corrected chi connectivity index (χ3v) is 8.56. The first-order valence-corrected chi connectivity index (χ1v) is 15.0. The van der Waals surface area contributed by atoms with Crippen molar-refractivity contribution in [1.29, 1.82) is 0 Å². The number of benzene rings is 7. The number of nitrogens with zero attached hydrogens (tertiary/aromatic N) is 3. The molecular formula is C41H25N3O. The van der Waals surface area contributed by atoms with Crippen LogP contribution < -0.4 is 0 Å². The van der Waals surface area contributed by atoms with Gasteiger partial charge in [-0.15, -0.1) is 0 Å². The lowest BCUT2D eigenvalue weighted by atomic mass is 9.92. The van der Waals surface area contributed by atoms with Gasteiger partial charge in [0.2, 0.25) is 0 Å². The van der Waals surface area contributed by atoms with E-state index in [4.69, 9.17) is 19.4 Å². The fraction of sp³-hybridized carbons (Fsp3) is 0. The Morgan fingerprint density at radius 1 is 0.333 bits per heavy atom. The summed E-state index contributed by atoms with van der Waals surface area (Å²) in [6.45, 7) is 0. The van der Waals surface area contributed by atoms with E-state index in [0.717, 1.165) is 49.4 Å². The molecule has 210 valence electrons. The van der Waals surface area contributed by atoms with Crippen LogP contribution in [0.15, 0.2) is 156 Å². The zero-order valence-corrected chi connectivity index (χ0v) is 24.2. The highest BCUT2D eigenvalue weighted by molar-refractivity contribution is 6.12. The van der Waals surface area contributed by atoms with Crippen molar-refractivity contribution in [2.45, 2.75) is 0 Å². The fourth-order valence-corrected chi connectivity index (χ4v) is 6.48. The molecule has 0 atom stereocenters. The number of fused-ring (bicyclic) bond motifs is 5. The molecule has 0 unspecified atom stereocenters. The van der Waals surface area contributed by atoms with Crippen molar-refractivity contribution in [3.63, 3.8) is 0 Å². The van der Waals surface area contributed by atoms with Crippen molar-refractivity contribution in [3.05, 3.63) is 152 Å². The van der Waals surface area contributed by atoms with Crippen LogP contribution in [-0.4, -0.2) is 15.0 Å². The second kappa shape index (κ2) is 10.2. The molecule has 0 bridgehead atoms. The molecular weight excluding hydrogens is 550 g/mol. The number of aromatic nitrogens is 3. The first-order chi connectivity index (χ1) is 22.3. The first kappa shape index (κ1) is 25.4. The summed E-state index contributed by atoms with van der Waals surface area (Å²) in [6.07, 6.45) is 0. The van der Waals surface area contributed by atoms with Gasteiger partial charge in [-0.1, -0.05) is 133 Å². The molecule has 0 spiro atoms. The summed E-state index contributed by atoms with van der Waals surface area (Å²) in [4.78, 5) is 15.3. The molecule has 0 fully saturated rings. The molecule has 4 heteroatoms. The van der Waals surface area contributed by atoms with Crippen LogP contribution in [0, 0.1) is 0 Å². The summed E-state index contributed by atoms with van der Waals surface area (Å²) in [7, 11) is 0. The Morgan fingerprint density at radius 3 is 1.71 bits per heavy atom. The standard InChI is InChI=1S/C41H25N3O/c1-2-13-27(14-3-1)39-42-40(44-41(43-39)35-21-11-23-37-38(35)34-19-8-9-22-36(34)45-37)33-25-24-32(30-17-6-7-18-31(30)33)29-20-10-15-26-12-4-5-16-28(26)29/h1-25H. The predicted octanol–water partition coefficient (Wildman–Crippen LogP) is 10.7. The zero-order valence-electron chi connectivity index (χ0n) is 24.2. The molecule has 7 aromatic carbocycles. The molecule has 2 aromatic heterocycles. The van der Waals surface area contributed by atoms with Gasteiger partial charge in [-0.25, -0.2) is 15.0 Å². The van der Waals surface area contributed by atoms with Crippen LogP contribution in [0.5, 0.6) is 0 Å². The summed E-state index contributed by atoms with van der Waals surface area (Å²) in [5.41, 5.74) is 6.83. The Labute approximate surface area is 259 Å². The van der Waals surface area contributed by atoms with Gasteiger partial charge in [-0.3, -0.25) is 0 Å². The van der Waals surface area contributed by atoms with Gasteiger partial charge in [-0.05, 0) is 50.9 Å². The average Bonchev–Trinajstić information content (AvgIpc) is 3.50. The number of hydrogen-bond donors (Lipinski definition) is 0. The van der Waals surface area contributed by atoms with Crippen molar-refractivity contribution < 1.29 is 4.42 Å². The molecule has 0 aliphatic carbocycles. The van der Waals surface area contributed by atoms with E-state index in [0.29, 0.717) is 17.5 Å². The molecule has 9 rings (SSSR count). The topological polar surface area (TPSA) is 51.8 Å². The van der Waals surface area contributed by atoms with Crippen LogP contribution in [0.25, 0.3) is 88.8 Å². The Morgan fingerprint density at radius 2 is 0.867 bits per heavy atom. The van der Waals surface area contributed by atoms with Gasteiger partial charge in [-0.2, -0.15) is 0 Å². The highest BCUT2D eigenvalue weighted by Gasteiger charge is 2.19. The van der Waals surface area contributed by atoms with Crippen molar-refractivity contribution in [3.8, 4) is 45.3 Å². The second-order valence-electron chi connectivity index (χ2n) is 11.2. The van der Waals surface area contributed by atoms with Crippen molar-refractivity contribution in [2.75, 3.05) is 0 Å². The maximum Gasteiger partial charge on any atom is 0.164 e. The van der Waals surface area contributed by atoms with E-state index in [1.807, 2.05) is 60.7 Å². The molecule has 4 nitrogen and oxygen atoms in total. The second-order valence-corrected chi connectivity index (χ2v) is 11.2. The lowest BCUT2D eigenvalue weighted by Gasteiger charge is -2.14. The summed E-state index contributed by atoms with van der Waals surface area (Å²) >= 11 is 0. The predicted molar refractivity (Wildman–Crippen MR) is 184 cm³/mol. The van der Waals surface area contributed by atoms with Crippen LogP contribution >= 0.6 is 0 Å². The van der Waals surface area contributed by atoms with Crippen LogP contribution in [0.4, 0.5) is 0 Å². The SMILES string of the molecule is c1ccc(-c2nc(-c3ccc(-c4cccc5ccccc45)c4ccccc34)nc(-c3cccc4oc5ccccc5c34)n2)cc1. The van der Waals surface area contributed by atoms with E-state index in [1.165, 1.54) is 21.9 Å². The molecule has 0 saturated heterocycles. The van der Waals surface area contributed by atoms with E-state index in [2.05, 4.69) is 91.0 Å². The minimum Gasteiger partial charge on any atom is -0.456 e. The van der Waals surface area contributed by atoms with E-state index in [-0.39, 0.29) is 0 Å². The summed E-state index contributed by atoms with van der Waals surface area (Å²) in [5.74, 6) is 1.87. The zero-order chi connectivity index (χ0) is 29.7. The lowest BCUT2D eigenvalue weighted by molar-refractivity contribution is 0.669. The maximum absolute atomic E-state index is 6.22. The van der Waals surface area contributed by atoms with Gasteiger partial charge in [0.05, 0.1) is 0 Å². The minimum atomic E-state index is 0.609. The Hall–Kier alpha value is -6.13. The van der Waals surface area contributed by atoms with Crippen LogP contribution in [0.1, 0.15) is 0 Å². The Bertz CT molecular complexity index is 2540. The third kappa shape index (κ3) is 4.19. The number of hydrogen-bond acceptors (Lipinski definition) is 4. The van der Waals surface area contributed by atoms with Crippen LogP contribution in [-0.2, 0) is 0 Å². The van der Waals surface area contributed by atoms with Crippen molar-refractivity contribution >= 4 is 43.5 Å². The molecule has 0 N–H and O–H groups in total. The highest BCUT2D eigenvalue weighted by Crippen LogP contribution is 2.40. The number of para-hydroxylation sites is 1. The van der Waals surface area contributed by atoms with Crippen molar-refractivity contribution in [2.24, 2.45) is 0 Å². The molecule has 0 radical (unpaired) electrons. The van der Waals surface area contributed by atoms with E-state index in [1.54, 1.807) is 0 Å². The maximum atomic E-state index is 6.22. The molecule has 2 heterocycles. The number of rotatable bonds is 4. The van der Waals surface area contributed by atoms with E-state index >= 15 is 0 Å². The summed E-state index contributed by atoms with van der Waals surface area (Å²) in [6, 6.07) is 52.2. The van der Waals surface area contributed by atoms with E-state index < -0.39 is 0 Å². The van der Waals surface area contributed by atoms with Crippen molar-refractivity contribution in [1.82, 2.24) is 15.0 Å². The smallest absolute Gasteiger partial charge is 0.164 e. The minimum absolute atomic E-state index is 0.609. The molecule has 0 aliphatic heterocycles. The number of furan rings is 1. The third-order valence-electron chi connectivity index (χ3n) is 8.56. The molecule has 9 aromatic rings. The summed E-state index contributed by atoms with van der Waals surface area (Å²) < 4.78 is 6.22. The Balaban J connectivity index is 1.31. The van der Waals surface area contributed by atoms with E-state index in [9.17, 15) is 0 Å². The normalized spacial score (nSPS) is 11.6. The summed E-state index contributed by atoms with van der Waals surface area (Å²) in [5, 5.41) is 6.73. The molecule has 0 aliphatic rings. The molecule has 0 amide bonds. The van der Waals surface area contributed by atoms with Gasteiger partial charge in [0.15, 0.2) is 17.5 Å². The largest absolute Gasteiger partial charge is 0.456 e. The molecule has 0 saturated carbocycles. The van der Waals surface area contributed by atoms with Gasteiger partial charge in [0.1, 0.15) is 11.2 Å². The quantitative estimate of drug-likeness (QED) is 0.209. The lowest BCUT2D eigenvalue weighted by Crippen LogP contribution is -2.01. The van der Waals surface area contributed by atoms with Gasteiger partial charge < -0.3 is 4.42 Å².